The van der Waals surface area contributed by atoms with Crippen molar-refractivity contribution in [3.63, 3.8) is 0 Å². The first-order chi connectivity index (χ1) is 12.8. The Balaban J connectivity index is 1.44. The van der Waals surface area contributed by atoms with Crippen molar-refractivity contribution in [2.45, 2.75) is 13.0 Å². The first-order valence-electron chi connectivity index (χ1n) is 8.80. The number of benzene rings is 2. The van der Waals surface area contributed by atoms with E-state index in [-0.39, 0.29) is 6.09 Å². The van der Waals surface area contributed by atoms with Crippen molar-refractivity contribution >= 4 is 22.6 Å². The molecule has 0 atom stereocenters. The molecule has 0 saturated heterocycles. The van der Waals surface area contributed by atoms with Crippen LogP contribution in [0, 0.1) is 0 Å². The normalized spacial score (nSPS) is 14.2. The van der Waals surface area contributed by atoms with Crippen LogP contribution >= 0.6 is 0 Å². The zero-order chi connectivity index (χ0) is 17.8. The molecule has 26 heavy (non-hydrogen) atoms. The molecule has 0 saturated carbocycles. The van der Waals surface area contributed by atoms with Gasteiger partial charge in [0.2, 0.25) is 0 Å². The standard InChI is InChI=1S/C22H20N2O2/c25-22(26-16-17-7-2-1-3-8-17)24-14-6-10-19(15-24)21-13-12-18-9-4-5-11-20(18)23-21/h1-5,7-13H,6,14-16H2. The Labute approximate surface area is 152 Å². The van der Waals surface area contributed by atoms with Gasteiger partial charge in [-0.25, -0.2) is 9.78 Å². The highest BCUT2D eigenvalue weighted by Crippen LogP contribution is 2.22. The molecule has 2 heterocycles. The van der Waals surface area contributed by atoms with Crippen molar-refractivity contribution in [3.05, 3.63) is 84.1 Å². The molecule has 1 aliphatic rings. The van der Waals surface area contributed by atoms with Crippen LogP contribution < -0.4 is 0 Å². The van der Waals surface area contributed by atoms with Gasteiger partial charge in [-0.2, -0.15) is 0 Å². The van der Waals surface area contributed by atoms with Gasteiger partial charge in [0.25, 0.3) is 0 Å². The van der Waals surface area contributed by atoms with Crippen LogP contribution in [0.2, 0.25) is 0 Å². The molecule has 2 aromatic carbocycles. The second kappa shape index (κ2) is 7.40. The summed E-state index contributed by atoms with van der Waals surface area (Å²) in [6.45, 7) is 1.49. The zero-order valence-electron chi connectivity index (χ0n) is 14.5. The van der Waals surface area contributed by atoms with Crippen molar-refractivity contribution in [2.24, 2.45) is 0 Å². The van der Waals surface area contributed by atoms with Crippen LogP contribution in [-0.2, 0) is 11.3 Å². The Kier molecular flexibility index (Phi) is 4.65. The second-order valence-corrected chi connectivity index (χ2v) is 6.37. The van der Waals surface area contributed by atoms with Crippen molar-refractivity contribution < 1.29 is 9.53 Å². The Hall–Kier alpha value is -3.14. The maximum Gasteiger partial charge on any atom is 0.410 e. The lowest BCUT2D eigenvalue weighted by atomic mass is 10.1. The molecule has 4 nitrogen and oxygen atoms in total. The SMILES string of the molecule is O=C(OCc1ccccc1)N1CCC=C(c2ccc3ccccc3n2)C1. The highest BCUT2D eigenvalue weighted by Gasteiger charge is 2.21. The number of hydrogen-bond donors (Lipinski definition) is 0. The molecule has 3 aromatic rings. The van der Waals surface area contributed by atoms with E-state index >= 15 is 0 Å². The first-order valence-corrected chi connectivity index (χ1v) is 8.80. The van der Waals surface area contributed by atoms with E-state index in [0.29, 0.717) is 19.7 Å². The number of hydrogen-bond acceptors (Lipinski definition) is 3. The number of ether oxygens (including phenoxy) is 1. The van der Waals surface area contributed by atoms with Crippen LogP contribution in [-0.4, -0.2) is 29.1 Å². The predicted molar refractivity (Wildman–Crippen MR) is 103 cm³/mol. The van der Waals surface area contributed by atoms with Crippen LogP contribution in [0.4, 0.5) is 4.79 Å². The molecule has 0 spiro atoms. The number of carbonyl (C=O) groups excluding carboxylic acids is 1. The van der Waals surface area contributed by atoms with Crippen molar-refractivity contribution in [3.8, 4) is 0 Å². The van der Waals surface area contributed by atoms with Gasteiger partial charge < -0.3 is 9.64 Å². The third-order valence-corrected chi connectivity index (χ3v) is 4.54. The van der Waals surface area contributed by atoms with Crippen molar-refractivity contribution in [1.82, 2.24) is 9.88 Å². The summed E-state index contributed by atoms with van der Waals surface area (Å²) in [5.74, 6) is 0. The summed E-state index contributed by atoms with van der Waals surface area (Å²) in [6, 6.07) is 21.9. The lowest BCUT2D eigenvalue weighted by Gasteiger charge is -2.26. The fourth-order valence-corrected chi connectivity index (χ4v) is 3.14. The molecule has 4 rings (SSSR count). The van der Waals surface area contributed by atoms with E-state index in [0.717, 1.165) is 34.2 Å². The van der Waals surface area contributed by atoms with Crippen molar-refractivity contribution in [2.75, 3.05) is 13.1 Å². The average molecular weight is 344 g/mol. The van der Waals surface area contributed by atoms with Gasteiger partial charge in [-0.15, -0.1) is 0 Å². The fourth-order valence-electron chi connectivity index (χ4n) is 3.14. The molecular formula is C22H20N2O2. The quantitative estimate of drug-likeness (QED) is 0.694. The number of aromatic nitrogens is 1. The van der Waals surface area contributed by atoms with E-state index < -0.39 is 0 Å². The molecular weight excluding hydrogens is 324 g/mol. The van der Waals surface area contributed by atoms with Gasteiger partial charge >= 0.3 is 6.09 Å². The number of nitrogens with zero attached hydrogens (tertiary/aromatic N) is 2. The maximum atomic E-state index is 12.4. The van der Waals surface area contributed by atoms with E-state index in [4.69, 9.17) is 9.72 Å². The third kappa shape index (κ3) is 3.59. The van der Waals surface area contributed by atoms with Gasteiger partial charge in [0.1, 0.15) is 6.61 Å². The average Bonchev–Trinajstić information content (AvgIpc) is 2.72. The molecule has 0 bridgehead atoms. The predicted octanol–water partition coefficient (Wildman–Crippen LogP) is 4.66. The van der Waals surface area contributed by atoms with E-state index in [1.165, 1.54) is 0 Å². The number of para-hydroxylation sites is 1. The smallest absolute Gasteiger partial charge is 0.410 e. The largest absolute Gasteiger partial charge is 0.445 e. The number of pyridine rings is 1. The van der Waals surface area contributed by atoms with Crippen LogP contribution in [0.1, 0.15) is 17.7 Å². The molecule has 0 aliphatic carbocycles. The molecule has 0 fully saturated rings. The van der Waals surface area contributed by atoms with Crippen molar-refractivity contribution in [1.29, 1.82) is 0 Å². The zero-order valence-corrected chi connectivity index (χ0v) is 14.5. The number of rotatable bonds is 3. The molecule has 0 N–H and O–H groups in total. The summed E-state index contributed by atoms with van der Waals surface area (Å²) in [5, 5.41) is 1.12. The molecule has 0 unspecified atom stereocenters. The van der Waals surface area contributed by atoms with E-state index in [1.54, 1.807) is 4.90 Å². The molecule has 1 aliphatic heterocycles. The monoisotopic (exact) mass is 344 g/mol. The summed E-state index contributed by atoms with van der Waals surface area (Å²) in [4.78, 5) is 18.9. The van der Waals surface area contributed by atoms with Gasteiger partial charge in [0.15, 0.2) is 0 Å². The van der Waals surface area contributed by atoms with Crippen LogP contribution in [0.3, 0.4) is 0 Å². The Morgan fingerprint density at radius 2 is 1.81 bits per heavy atom. The fraction of sp³-hybridized carbons (Fsp3) is 0.182. The highest BCUT2D eigenvalue weighted by molar-refractivity contribution is 5.82. The Bertz CT molecular complexity index is 951. The summed E-state index contributed by atoms with van der Waals surface area (Å²) >= 11 is 0. The van der Waals surface area contributed by atoms with Gasteiger partial charge in [0, 0.05) is 11.9 Å². The Morgan fingerprint density at radius 3 is 2.69 bits per heavy atom. The van der Waals surface area contributed by atoms with E-state index in [9.17, 15) is 4.79 Å². The summed E-state index contributed by atoms with van der Waals surface area (Å²) in [5.41, 5.74) is 3.95. The first kappa shape index (κ1) is 16.3. The summed E-state index contributed by atoms with van der Waals surface area (Å²) in [6.07, 6.45) is 2.70. The van der Waals surface area contributed by atoms with E-state index in [2.05, 4.69) is 18.2 Å². The number of carbonyl (C=O) groups is 1. The minimum Gasteiger partial charge on any atom is -0.445 e. The number of amides is 1. The minimum absolute atomic E-state index is 0.278. The Morgan fingerprint density at radius 1 is 1.00 bits per heavy atom. The maximum absolute atomic E-state index is 12.4. The molecule has 1 aromatic heterocycles. The van der Waals surface area contributed by atoms with Crippen LogP contribution in [0.15, 0.2) is 72.8 Å². The van der Waals surface area contributed by atoms with E-state index in [1.807, 2.05) is 54.6 Å². The molecule has 0 radical (unpaired) electrons. The van der Waals surface area contributed by atoms with Gasteiger partial charge in [-0.1, -0.05) is 60.7 Å². The summed E-state index contributed by atoms with van der Waals surface area (Å²) in [7, 11) is 0. The summed E-state index contributed by atoms with van der Waals surface area (Å²) < 4.78 is 5.46. The second-order valence-electron chi connectivity index (χ2n) is 6.37. The lowest BCUT2D eigenvalue weighted by Crippen LogP contribution is -2.35. The topological polar surface area (TPSA) is 42.4 Å². The van der Waals surface area contributed by atoms with Gasteiger partial charge in [-0.3, -0.25) is 0 Å². The third-order valence-electron chi connectivity index (χ3n) is 4.54. The molecule has 4 heteroatoms. The minimum atomic E-state index is -0.278. The highest BCUT2D eigenvalue weighted by atomic mass is 16.6. The number of fused-ring (bicyclic) bond motifs is 1. The lowest BCUT2D eigenvalue weighted by molar-refractivity contribution is 0.100. The molecule has 130 valence electrons. The van der Waals surface area contributed by atoms with Crippen LogP contribution in [0.25, 0.3) is 16.5 Å². The van der Waals surface area contributed by atoms with Gasteiger partial charge in [0.05, 0.1) is 17.8 Å². The molecule has 1 amide bonds. The van der Waals surface area contributed by atoms with Crippen LogP contribution in [0.5, 0.6) is 0 Å². The van der Waals surface area contributed by atoms with Gasteiger partial charge in [-0.05, 0) is 29.7 Å².